The number of esters is 1. The fourth-order valence-electron chi connectivity index (χ4n) is 5.68. The van der Waals surface area contributed by atoms with E-state index in [0.29, 0.717) is 34.4 Å². The van der Waals surface area contributed by atoms with E-state index in [4.69, 9.17) is 4.74 Å². The van der Waals surface area contributed by atoms with E-state index in [0.717, 1.165) is 0 Å². The summed E-state index contributed by atoms with van der Waals surface area (Å²) >= 11 is 0. The van der Waals surface area contributed by atoms with Gasteiger partial charge >= 0.3 is 5.97 Å². The number of anilines is 2. The minimum atomic E-state index is -1.50. The van der Waals surface area contributed by atoms with E-state index < -0.39 is 52.6 Å². The Labute approximate surface area is 251 Å². The molecule has 0 spiro atoms. The molecular weight excluding hydrogens is 574 g/mol. The number of hydrazone groups is 1. The summed E-state index contributed by atoms with van der Waals surface area (Å²) in [6.07, 6.45) is 0.575. The molecule has 1 atom stereocenters. The first-order valence-electron chi connectivity index (χ1n) is 14.2. The summed E-state index contributed by atoms with van der Waals surface area (Å²) in [6.45, 7) is 0.0530. The van der Waals surface area contributed by atoms with Gasteiger partial charge in [-0.2, -0.15) is 5.10 Å². The van der Waals surface area contributed by atoms with Crippen molar-refractivity contribution in [2.75, 3.05) is 23.0 Å². The Bertz CT molecular complexity index is 1680. The standard InChI is InChI=1S/C34H27F4N3O3/c35-29-28(27-19-26(22-7-3-1-4-8-22)39-41(27)24-13-11-21(20-42)12-14-24)30(36)32(38)33(31(29)37)40-17-15-25(16-18-40)44-34(43)23-9-5-2-6-10-23/h1-14,20,25,27H,15-19H2. The number of hydrogen-bond acceptors (Lipinski definition) is 6. The molecule has 0 N–H and O–H groups in total. The van der Waals surface area contributed by atoms with Crippen molar-refractivity contribution in [1.29, 1.82) is 0 Å². The number of carbonyl (C=O) groups is 2. The zero-order valence-electron chi connectivity index (χ0n) is 23.4. The van der Waals surface area contributed by atoms with Crippen LogP contribution < -0.4 is 9.91 Å². The Morgan fingerprint density at radius 1 is 0.795 bits per heavy atom. The van der Waals surface area contributed by atoms with Crippen molar-refractivity contribution < 1.29 is 31.9 Å². The number of halogens is 4. The lowest BCUT2D eigenvalue weighted by Crippen LogP contribution is -2.39. The molecule has 0 aliphatic carbocycles. The number of piperidine rings is 1. The summed E-state index contributed by atoms with van der Waals surface area (Å²) in [5.41, 5.74) is 0.762. The molecule has 1 fully saturated rings. The molecule has 224 valence electrons. The number of carbonyl (C=O) groups excluding carboxylic acids is 2. The lowest BCUT2D eigenvalue weighted by molar-refractivity contribution is 0.0244. The van der Waals surface area contributed by atoms with Crippen molar-refractivity contribution in [3.05, 3.63) is 130 Å². The quantitative estimate of drug-likeness (QED) is 0.0968. The molecule has 0 radical (unpaired) electrons. The lowest BCUT2D eigenvalue weighted by atomic mass is 9.95. The molecule has 0 bridgehead atoms. The topological polar surface area (TPSA) is 62.2 Å². The molecular formula is C34H27F4N3O3. The molecule has 1 unspecified atom stereocenters. The van der Waals surface area contributed by atoms with E-state index in [1.807, 2.05) is 6.07 Å². The van der Waals surface area contributed by atoms with Gasteiger partial charge in [-0.15, -0.1) is 0 Å². The molecule has 6 rings (SSSR count). The van der Waals surface area contributed by atoms with Gasteiger partial charge in [0.2, 0.25) is 0 Å². The van der Waals surface area contributed by atoms with Gasteiger partial charge in [0.25, 0.3) is 0 Å². The summed E-state index contributed by atoms with van der Waals surface area (Å²) in [5.74, 6) is -6.51. The van der Waals surface area contributed by atoms with E-state index in [2.05, 4.69) is 5.10 Å². The number of nitrogens with zero attached hydrogens (tertiary/aromatic N) is 3. The maximum absolute atomic E-state index is 15.9. The summed E-state index contributed by atoms with van der Waals surface area (Å²) in [5, 5.41) is 5.90. The molecule has 0 amide bonds. The summed E-state index contributed by atoms with van der Waals surface area (Å²) < 4.78 is 68.7. The number of ether oxygens (including phenoxy) is 1. The predicted octanol–water partition coefficient (Wildman–Crippen LogP) is 7.24. The summed E-state index contributed by atoms with van der Waals surface area (Å²) in [7, 11) is 0. The van der Waals surface area contributed by atoms with Gasteiger partial charge in [-0.25, -0.2) is 22.4 Å². The van der Waals surface area contributed by atoms with Crippen molar-refractivity contribution in [1.82, 2.24) is 0 Å². The van der Waals surface area contributed by atoms with Crippen LogP contribution in [0.1, 0.15) is 57.1 Å². The Hall–Kier alpha value is -4.99. The smallest absolute Gasteiger partial charge is 0.338 e. The second kappa shape index (κ2) is 12.3. The first kappa shape index (κ1) is 29.1. The normalized spacial score (nSPS) is 17.0. The van der Waals surface area contributed by atoms with Gasteiger partial charge < -0.3 is 9.64 Å². The molecule has 2 aliphatic heterocycles. The van der Waals surface area contributed by atoms with Crippen LogP contribution in [0.15, 0.2) is 90.0 Å². The van der Waals surface area contributed by atoms with Gasteiger partial charge in [-0.1, -0.05) is 48.5 Å². The summed E-state index contributed by atoms with van der Waals surface area (Å²) in [6, 6.07) is 22.3. The zero-order chi connectivity index (χ0) is 30.8. The number of hydrogen-bond donors (Lipinski definition) is 0. The van der Waals surface area contributed by atoms with Crippen LogP contribution in [0.3, 0.4) is 0 Å². The molecule has 10 heteroatoms. The maximum atomic E-state index is 15.9. The van der Waals surface area contributed by atoms with Gasteiger partial charge in [0.05, 0.1) is 28.6 Å². The third kappa shape index (κ3) is 5.55. The molecule has 44 heavy (non-hydrogen) atoms. The highest BCUT2D eigenvalue weighted by molar-refractivity contribution is 6.03. The van der Waals surface area contributed by atoms with Crippen molar-refractivity contribution >= 4 is 29.3 Å². The Morgan fingerprint density at radius 2 is 1.39 bits per heavy atom. The van der Waals surface area contributed by atoms with Crippen molar-refractivity contribution in [3.8, 4) is 0 Å². The van der Waals surface area contributed by atoms with Gasteiger partial charge in [0, 0.05) is 37.9 Å². The second-order valence-electron chi connectivity index (χ2n) is 10.7. The van der Waals surface area contributed by atoms with Crippen molar-refractivity contribution in [2.24, 2.45) is 5.10 Å². The van der Waals surface area contributed by atoms with Gasteiger partial charge in [-0.3, -0.25) is 9.80 Å². The molecule has 2 aliphatic rings. The van der Waals surface area contributed by atoms with Crippen molar-refractivity contribution in [3.63, 3.8) is 0 Å². The van der Waals surface area contributed by atoms with Gasteiger partial charge in [0.15, 0.2) is 23.3 Å². The Balaban J connectivity index is 1.28. The van der Waals surface area contributed by atoms with Crippen LogP contribution in [-0.4, -0.2) is 37.2 Å². The first-order valence-corrected chi connectivity index (χ1v) is 14.2. The molecule has 1 saturated heterocycles. The SMILES string of the molecule is O=Cc1ccc(N2N=C(c3ccccc3)CC2c2c(F)c(F)c(N3CCC(OC(=O)c4ccccc4)CC3)c(F)c2F)cc1. The molecule has 0 saturated carbocycles. The monoisotopic (exact) mass is 601 g/mol. The Kier molecular flexibility index (Phi) is 8.15. The van der Waals surface area contributed by atoms with E-state index in [1.54, 1.807) is 66.7 Å². The highest BCUT2D eigenvalue weighted by atomic mass is 19.2. The molecule has 2 heterocycles. The van der Waals surface area contributed by atoms with Crippen LogP contribution in [0, 0.1) is 23.3 Å². The van der Waals surface area contributed by atoms with Crippen LogP contribution in [0.25, 0.3) is 0 Å². The van der Waals surface area contributed by atoms with E-state index >= 15 is 17.6 Å². The lowest BCUT2D eigenvalue weighted by Gasteiger charge is -2.34. The number of rotatable bonds is 7. The minimum Gasteiger partial charge on any atom is -0.459 e. The molecule has 4 aromatic carbocycles. The van der Waals surface area contributed by atoms with Gasteiger partial charge in [0.1, 0.15) is 18.1 Å². The Morgan fingerprint density at radius 3 is 1.98 bits per heavy atom. The first-order chi connectivity index (χ1) is 21.4. The number of benzene rings is 4. The fourth-order valence-corrected chi connectivity index (χ4v) is 5.68. The van der Waals surface area contributed by atoms with E-state index in [9.17, 15) is 9.59 Å². The molecule has 0 aromatic heterocycles. The average molecular weight is 602 g/mol. The fraction of sp³-hybridized carbons (Fsp3) is 0.206. The van der Waals surface area contributed by atoms with Crippen LogP contribution in [0.2, 0.25) is 0 Å². The van der Waals surface area contributed by atoms with Crippen molar-refractivity contribution in [2.45, 2.75) is 31.4 Å². The van der Waals surface area contributed by atoms with Crippen LogP contribution >= 0.6 is 0 Å². The zero-order valence-corrected chi connectivity index (χ0v) is 23.4. The third-order valence-electron chi connectivity index (χ3n) is 7.96. The highest BCUT2D eigenvalue weighted by Gasteiger charge is 2.39. The molecule has 6 nitrogen and oxygen atoms in total. The van der Waals surface area contributed by atoms with E-state index in [1.165, 1.54) is 22.0 Å². The second-order valence-corrected chi connectivity index (χ2v) is 10.7. The van der Waals surface area contributed by atoms with E-state index in [-0.39, 0.29) is 32.4 Å². The predicted molar refractivity (Wildman–Crippen MR) is 158 cm³/mol. The summed E-state index contributed by atoms with van der Waals surface area (Å²) in [4.78, 5) is 24.8. The average Bonchev–Trinajstić information content (AvgIpc) is 3.50. The van der Waals surface area contributed by atoms with Crippen LogP contribution in [0.4, 0.5) is 28.9 Å². The molecule has 4 aromatic rings. The van der Waals surface area contributed by atoms with Gasteiger partial charge in [-0.05, 0) is 42.0 Å². The maximum Gasteiger partial charge on any atom is 0.338 e. The number of aldehydes is 1. The third-order valence-corrected chi connectivity index (χ3v) is 7.96. The van der Waals surface area contributed by atoms with Crippen LogP contribution in [-0.2, 0) is 4.74 Å². The highest BCUT2D eigenvalue weighted by Crippen LogP contribution is 2.42. The minimum absolute atomic E-state index is 0.0241. The largest absolute Gasteiger partial charge is 0.459 e. The van der Waals surface area contributed by atoms with Crippen LogP contribution in [0.5, 0.6) is 0 Å².